The second kappa shape index (κ2) is 11.0. The van der Waals surface area contributed by atoms with Gasteiger partial charge in [-0.3, -0.25) is 14.8 Å². The van der Waals surface area contributed by atoms with E-state index in [-0.39, 0.29) is 10.5 Å². The van der Waals surface area contributed by atoms with Crippen LogP contribution in [-0.2, 0) is 26.2 Å². The summed E-state index contributed by atoms with van der Waals surface area (Å²) < 4.78 is 38.4. The summed E-state index contributed by atoms with van der Waals surface area (Å²) in [5, 5.41) is 1.74. The van der Waals surface area contributed by atoms with Gasteiger partial charge in [-0.15, -0.1) is 0 Å². The zero-order chi connectivity index (χ0) is 24.6. The Labute approximate surface area is 195 Å². The van der Waals surface area contributed by atoms with E-state index in [0.29, 0.717) is 18.0 Å². The molecule has 0 aromatic heterocycles. The zero-order valence-corrected chi connectivity index (χ0v) is 18.6. The van der Waals surface area contributed by atoms with E-state index in [4.69, 9.17) is 15.2 Å². The van der Waals surface area contributed by atoms with E-state index in [9.17, 15) is 22.8 Å². The predicted octanol–water partition coefficient (Wildman–Crippen LogP) is 2.42. The summed E-state index contributed by atoms with van der Waals surface area (Å²) in [7, 11) is -4.02. The van der Waals surface area contributed by atoms with Crippen molar-refractivity contribution in [2.45, 2.75) is 11.5 Å². The molecule has 0 atom stereocenters. The van der Waals surface area contributed by atoms with E-state index in [1.165, 1.54) is 18.2 Å². The van der Waals surface area contributed by atoms with Gasteiger partial charge in [-0.1, -0.05) is 36.4 Å². The van der Waals surface area contributed by atoms with Crippen LogP contribution in [0.3, 0.4) is 0 Å². The number of sulfonamides is 1. The van der Waals surface area contributed by atoms with Crippen LogP contribution in [0.15, 0.2) is 83.8 Å². The second-order valence-corrected chi connectivity index (χ2v) is 8.60. The Morgan fingerprint density at radius 3 is 2.26 bits per heavy atom. The number of nitrogens with two attached hydrogens (primary N) is 1. The van der Waals surface area contributed by atoms with Gasteiger partial charge in [-0.2, -0.15) is 0 Å². The molecule has 0 heterocycles. The van der Waals surface area contributed by atoms with Crippen molar-refractivity contribution in [2.75, 3.05) is 11.3 Å². The smallest absolute Gasteiger partial charge is 0.338 e. The number of amides is 3. The number of hydrogen-bond acceptors (Lipinski definition) is 7. The number of rotatable bonds is 9. The molecule has 0 saturated heterocycles. The van der Waals surface area contributed by atoms with Gasteiger partial charge >= 0.3 is 12.0 Å². The van der Waals surface area contributed by atoms with Crippen molar-refractivity contribution < 1.29 is 32.3 Å². The fraction of sp³-hybridized carbons (Fsp3) is 0.0870. The molecule has 0 bridgehead atoms. The maximum Gasteiger partial charge on any atom is 0.338 e. The molecular weight excluding hydrogens is 462 g/mol. The maximum atomic E-state index is 12.7. The highest BCUT2D eigenvalue weighted by Gasteiger charge is 2.18. The van der Waals surface area contributed by atoms with E-state index in [1.807, 2.05) is 30.3 Å². The monoisotopic (exact) mass is 483 g/mol. The van der Waals surface area contributed by atoms with Crippen LogP contribution < -0.4 is 20.5 Å². The van der Waals surface area contributed by atoms with E-state index >= 15 is 0 Å². The van der Waals surface area contributed by atoms with Crippen molar-refractivity contribution in [2.24, 2.45) is 5.73 Å². The Hall–Kier alpha value is -4.38. The minimum atomic E-state index is -4.02. The molecule has 0 radical (unpaired) electrons. The molecule has 34 heavy (non-hydrogen) atoms. The molecular formula is C23H21N3O7S. The first-order valence-corrected chi connectivity index (χ1v) is 11.4. The SMILES string of the molecule is NC(=O)NC(=O)COC(=O)c1cccc(S(=O)(=O)Nc2ccc(OCc3ccccc3)cc2)c1. The molecule has 3 rings (SSSR count). The standard InChI is InChI=1S/C23H21N3O7S/c24-23(29)25-21(27)15-33-22(28)17-7-4-8-20(13-17)34(30,31)26-18-9-11-19(12-10-18)32-14-16-5-2-1-3-6-16/h1-13,26H,14-15H2,(H3,24,25,27,29). The number of imide groups is 1. The van der Waals surface area contributed by atoms with Crippen LogP contribution in [0.1, 0.15) is 15.9 Å². The molecule has 0 unspecified atom stereocenters. The van der Waals surface area contributed by atoms with E-state index < -0.39 is 34.5 Å². The fourth-order valence-electron chi connectivity index (χ4n) is 2.75. The molecule has 0 fully saturated rings. The molecule has 176 valence electrons. The lowest BCUT2D eigenvalue weighted by molar-refractivity contribution is -0.123. The quantitative estimate of drug-likeness (QED) is 0.395. The van der Waals surface area contributed by atoms with E-state index in [0.717, 1.165) is 11.6 Å². The number of esters is 1. The van der Waals surface area contributed by atoms with Gasteiger partial charge in [-0.25, -0.2) is 18.0 Å². The van der Waals surface area contributed by atoms with Gasteiger partial charge in [0.15, 0.2) is 6.61 Å². The Kier molecular flexibility index (Phi) is 7.83. The van der Waals surface area contributed by atoms with Crippen LogP contribution in [0, 0.1) is 0 Å². The van der Waals surface area contributed by atoms with Gasteiger partial charge in [0, 0.05) is 5.69 Å². The van der Waals surface area contributed by atoms with Crippen LogP contribution in [0.5, 0.6) is 5.75 Å². The third-order valence-electron chi connectivity index (χ3n) is 4.33. The normalized spacial score (nSPS) is 10.7. The maximum absolute atomic E-state index is 12.7. The van der Waals surface area contributed by atoms with Crippen LogP contribution in [-0.4, -0.2) is 32.9 Å². The Morgan fingerprint density at radius 2 is 1.59 bits per heavy atom. The van der Waals surface area contributed by atoms with Gasteiger partial charge < -0.3 is 15.2 Å². The molecule has 0 saturated carbocycles. The topological polar surface area (TPSA) is 154 Å². The third-order valence-corrected chi connectivity index (χ3v) is 5.71. The fourth-order valence-corrected chi connectivity index (χ4v) is 3.86. The summed E-state index contributed by atoms with van der Waals surface area (Å²) in [6.07, 6.45) is 0. The van der Waals surface area contributed by atoms with Gasteiger partial charge in [0.1, 0.15) is 12.4 Å². The Balaban J connectivity index is 1.61. The Bertz CT molecular complexity index is 1280. The summed E-state index contributed by atoms with van der Waals surface area (Å²) in [6.45, 7) is -0.380. The van der Waals surface area contributed by atoms with Crippen molar-refractivity contribution in [3.05, 3.63) is 90.0 Å². The van der Waals surface area contributed by atoms with Gasteiger partial charge in [-0.05, 0) is 48.0 Å². The lowest BCUT2D eigenvalue weighted by atomic mass is 10.2. The molecule has 3 aromatic carbocycles. The number of nitrogens with one attached hydrogen (secondary N) is 2. The molecule has 0 aliphatic carbocycles. The van der Waals surface area contributed by atoms with Crippen LogP contribution in [0.25, 0.3) is 0 Å². The number of urea groups is 1. The van der Waals surface area contributed by atoms with Crippen LogP contribution in [0.4, 0.5) is 10.5 Å². The zero-order valence-electron chi connectivity index (χ0n) is 17.8. The molecule has 0 aliphatic heterocycles. The predicted molar refractivity (Wildman–Crippen MR) is 122 cm³/mol. The highest BCUT2D eigenvalue weighted by Crippen LogP contribution is 2.21. The first kappa shape index (κ1) is 24.3. The van der Waals surface area contributed by atoms with Crippen molar-refractivity contribution in [3.63, 3.8) is 0 Å². The highest BCUT2D eigenvalue weighted by atomic mass is 32.2. The van der Waals surface area contributed by atoms with Crippen molar-refractivity contribution in [1.29, 1.82) is 0 Å². The minimum absolute atomic E-state index is 0.0978. The minimum Gasteiger partial charge on any atom is -0.489 e. The average Bonchev–Trinajstić information content (AvgIpc) is 2.82. The highest BCUT2D eigenvalue weighted by molar-refractivity contribution is 7.92. The molecule has 4 N–H and O–H groups in total. The molecule has 11 heteroatoms. The van der Waals surface area contributed by atoms with E-state index in [2.05, 4.69) is 4.72 Å². The molecule has 3 amide bonds. The third kappa shape index (κ3) is 7.07. The number of hydrogen-bond donors (Lipinski definition) is 3. The van der Waals surface area contributed by atoms with Crippen LogP contribution in [0.2, 0.25) is 0 Å². The number of anilines is 1. The lowest BCUT2D eigenvalue weighted by Gasteiger charge is -2.11. The van der Waals surface area contributed by atoms with Crippen LogP contribution >= 0.6 is 0 Å². The van der Waals surface area contributed by atoms with Gasteiger partial charge in [0.05, 0.1) is 10.5 Å². The summed E-state index contributed by atoms with van der Waals surface area (Å²) >= 11 is 0. The molecule has 0 aliphatic rings. The molecule has 3 aromatic rings. The van der Waals surface area contributed by atoms with Gasteiger partial charge in [0.2, 0.25) is 0 Å². The van der Waals surface area contributed by atoms with Crippen molar-refractivity contribution >= 4 is 33.6 Å². The summed E-state index contributed by atoms with van der Waals surface area (Å²) in [6, 6.07) is 20.0. The number of benzene rings is 3. The number of ether oxygens (including phenoxy) is 2. The summed E-state index contributed by atoms with van der Waals surface area (Å²) in [5.74, 6) is -1.30. The largest absolute Gasteiger partial charge is 0.489 e. The first-order valence-electron chi connectivity index (χ1n) is 9.89. The lowest BCUT2D eigenvalue weighted by Crippen LogP contribution is -2.37. The number of carbonyl (C=O) groups is 3. The number of primary amides is 1. The molecule has 0 spiro atoms. The first-order chi connectivity index (χ1) is 16.2. The van der Waals surface area contributed by atoms with E-state index in [1.54, 1.807) is 29.6 Å². The van der Waals surface area contributed by atoms with Crippen molar-refractivity contribution in [3.8, 4) is 5.75 Å². The summed E-state index contributed by atoms with van der Waals surface area (Å²) in [5.41, 5.74) is 5.99. The van der Waals surface area contributed by atoms with Gasteiger partial charge in [0.25, 0.3) is 15.9 Å². The molecule has 10 nitrogen and oxygen atoms in total. The van der Waals surface area contributed by atoms with Crippen molar-refractivity contribution in [1.82, 2.24) is 5.32 Å². The average molecular weight is 484 g/mol. The second-order valence-electron chi connectivity index (χ2n) is 6.92. The summed E-state index contributed by atoms with van der Waals surface area (Å²) in [4.78, 5) is 33.9. The Morgan fingerprint density at radius 1 is 0.882 bits per heavy atom. The number of carbonyl (C=O) groups excluding carboxylic acids is 3.